The van der Waals surface area contributed by atoms with Crippen LogP contribution in [0.3, 0.4) is 0 Å². The van der Waals surface area contributed by atoms with Gasteiger partial charge in [-0.15, -0.1) is 11.3 Å². The maximum Gasteiger partial charge on any atom is 0.122 e. The smallest absolute Gasteiger partial charge is 0.122 e. The minimum atomic E-state index is 0.188. The Labute approximate surface area is 126 Å². The van der Waals surface area contributed by atoms with Crippen LogP contribution in [0.4, 0.5) is 0 Å². The molecule has 0 saturated carbocycles. The molecule has 1 aromatic carbocycles. The summed E-state index contributed by atoms with van der Waals surface area (Å²) in [6.45, 7) is 0.188. The minimum Gasteiger partial charge on any atom is -0.496 e. The van der Waals surface area contributed by atoms with Gasteiger partial charge in [-0.05, 0) is 52.4 Å². The van der Waals surface area contributed by atoms with Crippen LogP contribution in [-0.2, 0) is 12.8 Å². The summed E-state index contributed by atoms with van der Waals surface area (Å²) < 4.78 is 6.47. The lowest BCUT2D eigenvalue weighted by atomic mass is 9.96. The van der Waals surface area contributed by atoms with Crippen LogP contribution in [-0.4, -0.2) is 18.8 Å². The topological polar surface area (TPSA) is 29.5 Å². The number of halogens is 1. The van der Waals surface area contributed by atoms with Gasteiger partial charge in [0.2, 0.25) is 0 Å². The van der Waals surface area contributed by atoms with Crippen LogP contribution in [0.5, 0.6) is 5.75 Å². The standard InChI is InChI=1S/C15H17BrO2S/c1-18-15-5-3-2-4-12(15)6-11(9-17)7-14-8-13(16)10-19-14/h2-5,8,10-11,17H,6-7,9H2,1H3. The fourth-order valence-electron chi connectivity index (χ4n) is 2.13. The Kier molecular flexibility index (Phi) is 5.43. The van der Waals surface area contributed by atoms with Gasteiger partial charge in [-0.1, -0.05) is 18.2 Å². The summed E-state index contributed by atoms with van der Waals surface area (Å²) in [6.07, 6.45) is 1.72. The van der Waals surface area contributed by atoms with E-state index in [2.05, 4.69) is 33.4 Å². The predicted octanol–water partition coefficient (Wildman–Crippen LogP) is 3.91. The van der Waals surface area contributed by atoms with E-state index in [9.17, 15) is 5.11 Å². The van der Waals surface area contributed by atoms with Crippen molar-refractivity contribution in [3.63, 3.8) is 0 Å². The molecule has 0 amide bonds. The molecule has 1 aromatic heterocycles. The zero-order valence-corrected chi connectivity index (χ0v) is 13.2. The highest BCUT2D eigenvalue weighted by Crippen LogP contribution is 2.26. The molecule has 0 aliphatic heterocycles. The number of ether oxygens (including phenoxy) is 1. The Balaban J connectivity index is 2.06. The van der Waals surface area contributed by atoms with Gasteiger partial charge in [-0.2, -0.15) is 0 Å². The fraction of sp³-hybridized carbons (Fsp3) is 0.333. The Morgan fingerprint density at radius 2 is 2.11 bits per heavy atom. The lowest BCUT2D eigenvalue weighted by molar-refractivity contribution is 0.224. The van der Waals surface area contributed by atoms with E-state index >= 15 is 0 Å². The van der Waals surface area contributed by atoms with Gasteiger partial charge in [0.05, 0.1) is 7.11 Å². The first-order valence-corrected chi connectivity index (χ1v) is 7.86. The number of thiophene rings is 1. The van der Waals surface area contributed by atoms with Crippen LogP contribution >= 0.6 is 27.3 Å². The first-order valence-electron chi connectivity index (χ1n) is 6.18. The van der Waals surface area contributed by atoms with Crippen LogP contribution < -0.4 is 4.74 Å². The molecular formula is C15H17BrO2S. The zero-order valence-electron chi connectivity index (χ0n) is 10.8. The first-order chi connectivity index (χ1) is 9.22. The second-order valence-electron chi connectivity index (χ2n) is 4.50. The molecular weight excluding hydrogens is 324 g/mol. The van der Waals surface area contributed by atoms with Gasteiger partial charge in [0.25, 0.3) is 0 Å². The van der Waals surface area contributed by atoms with Crippen LogP contribution in [0.1, 0.15) is 10.4 Å². The van der Waals surface area contributed by atoms with Crippen LogP contribution in [0.25, 0.3) is 0 Å². The third kappa shape index (κ3) is 4.06. The third-order valence-electron chi connectivity index (χ3n) is 3.07. The molecule has 0 saturated heterocycles. The van der Waals surface area contributed by atoms with Crippen molar-refractivity contribution in [2.45, 2.75) is 12.8 Å². The summed E-state index contributed by atoms with van der Waals surface area (Å²) in [6, 6.07) is 10.1. The fourth-order valence-corrected chi connectivity index (χ4v) is 3.70. The van der Waals surface area contributed by atoms with E-state index in [0.717, 1.165) is 28.6 Å². The lowest BCUT2D eigenvalue weighted by Gasteiger charge is -2.15. The van der Waals surface area contributed by atoms with Crippen molar-refractivity contribution < 1.29 is 9.84 Å². The summed E-state index contributed by atoms with van der Waals surface area (Å²) in [5.41, 5.74) is 1.15. The minimum absolute atomic E-state index is 0.188. The van der Waals surface area contributed by atoms with E-state index in [0.29, 0.717) is 0 Å². The van der Waals surface area contributed by atoms with Gasteiger partial charge < -0.3 is 9.84 Å². The normalized spacial score (nSPS) is 12.4. The van der Waals surface area contributed by atoms with Gasteiger partial charge in [0.1, 0.15) is 5.75 Å². The number of benzene rings is 1. The molecule has 0 radical (unpaired) electrons. The van der Waals surface area contributed by atoms with E-state index in [-0.39, 0.29) is 12.5 Å². The number of hydrogen-bond donors (Lipinski definition) is 1. The van der Waals surface area contributed by atoms with Crippen LogP contribution in [0.15, 0.2) is 40.2 Å². The molecule has 2 rings (SSSR count). The number of para-hydroxylation sites is 1. The van der Waals surface area contributed by atoms with Gasteiger partial charge in [-0.25, -0.2) is 0 Å². The van der Waals surface area contributed by atoms with Crippen LogP contribution in [0, 0.1) is 5.92 Å². The molecule has 0 spiro atoms. The maximum absolute atomic E-state index is 9.57. The number of aliphatic hydroxyl groups is 1. The van der Waals surface area contributed by atoms with Crippen molar-refractivity contribution in [2.75, 3.05) is 13.7 Å². The third-order valence-corrected chi connectivity index (χ3v) is 4.79. The molecule has 1 atom stereocenters. The van der Waals surface area contributed by atoms with Crippen molar-refractivity contribution in [1.82, 2.24) is 0 Å². The molecule has 0 aliphatic rings. The van der Waals surface area contributed by atoms with Crippen molar-refractivity contribution in [3.8, 4) is 5.75 Å². The van der Waals surface area contributed by atoms with Crippen molar-refractivity contribution >= 4 is 27.3 Å². The molecule has 19 heavy (non-hydrogen) atoms. The molecule has 4 heteroatoms. The average molecular weight is 341 g/mol. The average Bonchev–Trinajstić information content (AvgIpc) is 2.84. The highest BCUT2D eigenvalue weighted by Gasteiger charge is 2.13. The second-order valence-corrected chi connectivity index (χ2v) is 6.41. The summed E-state index contributed by atoms with van der Waals surface area (Å²) in [5.74, 6) is 1.12. The zero-order chi connectivity index (χ0) is 13.7. The first kappa shape index (κ1) is 14.6. The Hall–Kier alpha value is -0.840. The highest BCUT2D eigenvalue weighted by atomic mass is 79.9. The second kappa shape index (κ2) is 7.08. The Morgan fingerprint density at radius 3 is 2.74 bits per heavy atom. The van der Waals surface area contributed by atoms with E-state index in [1.807, 2.05) is 18.2 Å². The number of methoxy groups -OCH3 is 1. The number of hydrogen-bond acceptors (Lipinski definition) is 3. The monoisotopic (exact) mass is 340 g/mol. The molecule has 2 aromatic rings. The van der Waals surface area contributed by atoms with E-state index in [1.54, 1.807) is 18.4 Å². The molecule has 1 heterocycles. The van der Waals surface area contributed by atoms with Gasteiger partial charge in [0, 0.05) is 21.3 Å². The maximum atomic E-state index is 9.57. The van der Waals surface area contributed by atoms with E-state index < -0.39 is 0 Å². The predicted molar refractivity (Wildman–Crippen MR) is 83.0 cm³/mol. The van der Waals surface area contributed by atoms with Crippen LogP contribution in [0.2, 0.25) is 0 Å². The molecule has 0 aliphatic carbocycles. The molecule has 1 unspecified atom stereocenters. The van der Waals surface area contributed by atoms with E-state index in [1.165, 1.54) is 4.88 Å². The van der Waals surface area contributed by atoms with Crippen molar-refractivity contribution in [3.05, 3.63) is 50.6 Å². The quantitative estimate of drug-likeness (QED) is 0.863. The summed E-state index contributed by atoms with van der Waals surface area (Å²) in [7, 11) is 1.68. The van der Waals surface area contributed by atoms with Crippen molar-refractivity contribution in [1.29, 1.82) is 0 Å². The van der Waals surface area contributed by atoms with E-state index in [4.69, 9.17) is 4.74 Å². The number of rotatable bonds is 6. The Bertz CT molecular complexity index is 524. The Morgan fingerprint density at radius 1 is 1.32 bits per heavy atom. The summed E-state index contributed by atoms with van der Waals surface area (Å²) in [4.78, 5) is 1.29. The highest BCUT2D eigenvalue weighted by molar-refractivity contribution is 9.10. The SMILES string of the molecule is COc1ccccc1CC(CO)Cc1cc(Br)cs1. The molecule has 1 N–H and O–H groups in total. The lowest BCUT2D eigenvalue weighted by Crippen LogP contribution is -2.12. The molecule has 0 bridgehead atoms. The summed E-state index contributed by atoms with van der Waals surface area (Å²) in [5, 5.41) is 11.6. The van der Waals surface area contributed by atoms with Gasteiger partial charge in [-0.3, -0.25) is 0 Å². The van der Waals surface area contributed by atoms with Gasteiger partial charge in [0.15, 0.2) is 0 Å². The van der Waals surface area contributed by atoms with Crippen molar-refractivity contribution in [2.24, 2.45) is 5.92 Å². The molecule has 0 fully saturated rings. The molecule has 102 valence electrons. The summed E-state index contributed by atoms with van der Waals surface area (Å²) >= 11 is 5.19. The van der Waals surface area contributed by atoms with Gasteiger partial charge >= 0.3 is 0 Å². The largest absolute Gasteiger partial charge is 0.496 e. The number of aliphatic hydroxyl groups excluding tert-OH is 1. The molecule has 2 nitrogen and oxygen atoms in total.